The Kier molecular flexibility index (Phi) is 4.86. The van der Waals surface area contributed by atoms with Gasteiger partial charge in [-0.05, 0) is 37.8 Å². The Balaban J connectivity index is 1.72. The molecule has 0 amide bonds. The molecule has 0 spiro atoms. The lowest BCUT2D eigenvalue weighted by atomic mass is 10.00. The van der Waals surface area contributed by atoms with Crippen LogP contribution in [0.5, 0.6) is 0 Å². The van der Waals surface area contributed by atoms with E-state index in [1.165, 1.54) is 18.2 Å². The van der Waals surface area contributed by atoms with E-state index >= 15 is 0 Å². The van der Waals surface area contributed by atoms with Crippen LogP contribution < -0.4 is 10.2 Å². The summed E-state index contributed by atoms with van der Waals surface area (Å²) >= 11 is 0. The molecule has 2 fully saturated rings. The average Bonchev–Trinajstić information content (AvgIpc) is 2.67. The fourth-order valence-corrected chi connectivity index (χ4v) is 4.12. The van der Waals surface area contributed by atoms with E-state index in [9.17, 15) is 0 Å². The molecule has 0 radical (unpaired) electrons. The third-order valence-electron chi connectivity index (χ3n) is 5.63. The fraction of sp³-hybridized carbons (Fsp3) is 0.600. The highest BCUT2D eigenvalue weighted by Crippen LogP contribution is 2.30. The highest BCUT2D eigenvalue weighted by molar-refractivity contribution is 5.89. The predicted octanol–water partition coefficient (Wildman–Crippen LogP) is 2.83. The van der Waals surface area contributed by atoms with Gasteiger partial charge in [0, 0.05) is 44.7 Å². The first-order valence-electron chi connectivity index (χ1n) is 9.69. The molecule has 2 unspecified atom stereocenters. The second kappa shape index (κ2) is 7.26. The van der Waals surface area contributed by atoms with Crippen LogP contribution in [0.3, 0.4) is 0 Å². The third kappa shape index (κ3) is 3.48. The lowest BCUT2D eigenvalue weighted by molar-refractivity contribution is 0.179. The normalized spacial score (nSPS) is 23.8. The first kappa shape index (κ1) is 16.7. The molecular weight excluding hydrogens is 310 g/mol. The van der Waals surface area contributed by atoms with E-state index in [4.69, 9.17) is 9.97 Å². The maximum absolute atomic E-state index is 5.09. The van der Waals surface area contributed by atoms with Crippen LogP contribution in [-0.4, -0.2) is 54.1 Å². The minimum absolute atomic E-state index is 0.257. The van der Waals surface area contributed by atoms with Gasteiger partial charge in [-0.3, -0.25) is 4.90 Å². The molecule has 2 aromatic rings. The summed E-state index contributed by atoms with van der Waals surface area (Å²) in [7, 11) is 0. The Hall–Kier alpha value is -1.72. The molecule has 3 heterocycles. The molecule has 1 aromatic heterocycles. The second-order valence-electron chi connectivity index (χ2n) is 7.58. The lowest BCUT2D eigenvalue weighted by Gasteiger charge is -2.34. The van der Waals surface area contributed by atoms with Gasteiger partial charge >= 0.3 is 0 Å². The molecule has 1 N–H and O–H groups in total. The summed E-state index contributed by atoms with van der Waals surface area (Å²) in [6.45, 7) is 11.0. The molecule has 0 bridgehead atoms. The molecule has 2 saturated heterocycles. The van der Waals surface area contributed by atoms with Crippen LogP contribution in [0.1, 0.15) is 38.6 Å². The van der Waals surface area contributed by atoms with Gasteiger partial charge in [-0.2, -0.15) is 0 Å². The number of nitrogens with zero attached hydrogens (tertiary/aromatic N) is 4. The highest BCUT2D eigenvalue weighted by Gasteiger charge is 2.24. The smallest absolute Gasteiger partial charge is 0.148 e. The van der Waals surface area contributed by atoms with Crippen molar-refractivity contribution in [2.75, 3.05) is 44.2 Å². The number of benzene rings is 1. The van der Waals surface area contributed by atoms with Crippen LogP contribution in [0.15, 0.2) is 24.3 Å². The van der Waals surface area contributed by atoms with Crippen molar-refractivity contribution in [3.63, 3.8) is 0 Å². The zero-order chi connectivity index (χ0) is 17.2. The van der Waals surface area contributed by atoms with Gasteiger partial charge in [0.1, 0.15) is 11.6 Å². The van der Waals surface area contributed by atoms with Gasteiger partial charge in [0.15, 0.2) is 0 Å². The summed E-state index contributed by atoms with van der Waals surface area (Å²) < 4.78 is 0. The summed E-state index contributed by atoms with van der Waals surface area (Å²) in [5, 5.41) is 4.62. The van der Waals surface area contributed by atoms with Crippen molar-refractivity contribution >= 4 is 16.7 Å². The van der Waals surface area contributed by atoms with E-state index in [2.05, 4.69) is 53.2 Å². The average molecular weight is 339 g/mol. The summed E-state index contributed by atoms with van der Waals surface area (Å²) in [5.74, 6) is 2.83. The van der Waals surface area contributed by atoms with Crippen molar-refractivity contribution in [2.24, 2.45) is 5.92 Å². The molecular formula is C20H29N5. The van der Waals surface area contributed by atoms with Crippen LogP contribution in [-0.2, 0) is 0 Å². The van der Waals surface area contributed by atoms with Crippen molar-refractivity contribution in [1.29, 1.82) is 0 Å². The molecule has 2 aliphatic rings. The Bertz CT molecular complexity index is 725. The van der Waals surface area contributed by atoms with Crippen molar-refractivity contribution in [3.8, 4) is 0 Å². The van der Waals surface area contributed by atoms with Crippen molar-refractivity contribution < 1.29 is 0 Å². The number of aromatic nitrogens is 2. The quantitative estimate of drug-likeness (QED) is 0.931. The summed E-state index contributed by atoms with van der Waals surface area (Å²) in [4.78, 5) is 15.0. The minimum atomic E-state index is 0.257. The van der Waals surface area contributed by atoms with E-state index in [1.807, 2.05) is 0 Å². The standard InChI is InChI=1S/C20H29N5/c1-15-6-5-11-25(14-15)20-17-7-3-4-8-18(17)22-19(23-20)16(2)24-12-9-21-10-13-24/h3-4,7-8,15-16,21H,5-6,9-14H2,1-2H3. The Labute approximate surface area is 150 Å². The number of rotatable bonds is 3. The van der Waals surface area contributed by atoms with Gasteiger partial charge in [-0.25, -0.2) is 9.97 Å². The van der Waals surface area contributed by atoms with Gasteiger partial charge < -0.3 is 10.2 Å². The van der Waals surface area contributed by atoms with E-state index in [0.29, 0.717) is 0 Å². The summed E-state index contributed by atoms with van der Waals surface area (Å²) in [6.07, 6.45) is 2.58. The zero-order valence-electron chi connectivity index (χ0n) is 15.4. The van der Waals surface area contributed by atoms with Gasteiger partial charge in [0.2, 0.25) is 0 Å². The van der Waals surface area contributed by atoms with E-state index in [0.717, 1.165) is 62.3 Å². The van der Waals surface area contributed by atoms with Crippen molar-refractivity contribution in [2.45, 2.75) is 32.7 Å². The SMILES string of the molecule is CC1CCCN(c2nc(C(C)N3CCNCC3)nc3ccccc23)C1. The number of hydrogen-bond acceptors (Lipinski definition) is 5. The van der Waals surface area contributed by atoms with Gasteiger partial charge in [0.05, 0.1) is 11.6 Å². The van der Waals surface area contributed by atoms with Crippen LogP contribution in [0.2, 0.25) is 0 Å². The van der Waals surface area contributed by atoms with Crippen LogP contribution in [0, 0.1) is 5.92 Å². The van der Waals surface area contributed by atoms with E-state index in [1.54, 1.807) is 0 Å². The third-order valence-corrected chi connectivity index (χ3v) is 5.63. The number of nitrogens with one attached hydrogen (secondary N) is 1. The lowest BCUT2D eigenvalue weighted by Crippen LogP contribution is -2.45. The second-order valence-corrected chi connectivity index (χ2v) is 7.58. The first-order chi connectivity index (χ1) is 12.2. The zero-order valence-corrected chi connectivity index (χ0v) is 15.4. The van der Waals surface area contributed by atoms with Gasteiger partial charge in [-0.1, -0.05) is 19.1 Å². The topological polar surface area (TPSA) is 44.3 Å². The van der Waals surface area contributed by atoms with Crippen LogP contribution in [0.4, 0.5) is 5.82 Å². The molecule has 134 valence electrons. The molecule has 5 heteroatoms. The Morgan fingerprint density at radius 3 is 2.72 bits per heavy atom. The highest BCUT2D eigenvalue weighted by atomic mass is 15.2. The van der Waals surface area contributed by atoms with Crippen molar-refractivity contribution in [3.05, 3.63) is 30.1 Å². The number of piperidine rings is 1. The molecule has 2 aliphatic heterocycles. The Morgan fingerprint density at radius 1 is 1.12 bits per heavy atom. The first-order valence-corrected chi connectivity index (χ1v) is 9.69. The monoisotopic (exact) mass is 339 g/mol. The summed E-state index contributed by atoms with van der Waals surface area (Å²) in [5.41, 5.74) is 1.07. The number of piperazine rings is 1. The molecule has 0 aliphatic carbocycles. The van der Waals surface area contributed by atoms with Crippen LogP contribution in [0.25, 0.3) is 10.9 Å². The number of fused-ring (bicyclic) bond motifs is 1. The Morgan fingerprint density at radius 2 is 1.92 bits per heavy atom. The molecule has 1 aromatic carbocycles. The largest absolute Gasteiger partial charge is 0.356 e. The number of anilines is 1. The maximum Gasteiger partial charge on any atom is 0.148 e. The van der Waals surface area contributed by atoms with E-state index < -0.39 is 0 Å². The predicted molar refractivity (Wildman–Crippen MR) is 103 cm³/mol. The maximum atomic E-state index is 5.09. The number of hydrogen-bond donors (Lipinski definition) is 1. The molecule has 4 rings (SSSR count). The summed E-state index contributed by atoms with van der Waals surface area (Å²) in [6, 6.07) is 8.73. The molecule has 0 saturated carbocycles. The van der Waals surface area contributed by atoms with Gasteiger partial charge in [-0.15, -0.1) is 0 Å². The molecule has 5 nitrogen and oxygen atoms in total. The molecule has 2 atom stereocenters. The van der Waals surface area contributed by atoms with Crippen molar-refractivity contribution in [1.82, 2.24) is 20.2 Å². The fourth-order valence-electron chi connectivity index (χ4n) is 4.12. The number of para-hydroxylation sites is 1. The van der Waals surface area contributed by atoms with Gasteiger partial charge in [0.25, 0.3) is 0 Å². The molecule has 25 heavy (non-hydrogen) atoms. The van der Waals surface area contributed by atoms with E-state index in [-0.39, 0.29) is 6.04 Å². The van der Waals surface area contributed by atoms with Crippen LogP contribution >= 0.6 is 0 Å². The minimum Gasteiger partial charge on any atom is -0.356 e.